The number of carbonyl (C=O) groups excluding carboxylic acids is 2. The van der Waals surface area contributed by atoms with Crippen LogP contribution in [0.15, 0.2) is 79.4 Å². The predicted molar refractivity (Wildman–Crippen MR) is 189 cm³/mol. The third-order valence-corrected chi connectivity index (χ3v) is 10.2. The van der Waals surface area contributed by atoms with Gasteiger partial charge in [-0.05, 0) is 91.0 Å². The first-order valence-electron chi connectivity index (χ1n) is 16.3. The van der Waals surface area contributed by atoms with Crippen LogP contribution in [0.3, 0.4) is 0 Å². The molecule has 7 rings (SSSR count). The number of aromatic nitrogens is 3. The molecule has 1 unspecified atom stereocenters. The summed E-state index contributed by atoms with van der Waals surface area (Å²) in [6, 6.07) is 18.5. The summed E-state index contributed by atoms with van der Waals surface area (Å²) in [5, 5.41) is 4.12. The number of alkyl halides is 1. The number of imide groups is 1. The number of carbonyl (C=O) groups is 2. The molecule has 3 amide bonds. The molecule has 0 N–H and O–H groups in total. The van der Waals surface area contributed by atoms with Gasteiger partial charge in [0.05, 0.1) is 13.2 Å². The molecule has 3 fully saturated rings. The SMILES string of the molecule is CC(C)N1C(=O)C(I)N(c2ccc(N3CCN(c4ccc(OC[C@H]5OC[C@](Cn6cncn6)(c6ccc(F)cc6F)O5)cc4)CC3)cc2)C1=O. The molecule has 3 atom stereocenters. The molecule has 3 aliphatic heterocycles. The van der Waals surface area contributed by atoms with E-state index in [-0.39, 0.29) is 43.3 Å². The zero-order valence-electron chi connectivity index (χ0n) is 27.5. The number of amides is 3. The molecule has 0 aliphatic carbocycles. The summed E-state index contributed by atoms with van der Waals surface area (Å²) in [6.07, 6.45) is 2.08. The van der Waals surface area contributed by atoms with E-state index in [9.17, 15) is 18.4 Å². The van der Waals surface area contributed by atoms with Gasteiger partial charge in [0, 0.05) is 60.9 Å². The van der Waals surface area contributed by atoms with Crippen molar-refractivity contribution in [3.05, 3.63) is 96.6 Å². The second kappa shape index (κ2) is 14.1. The van der Waals surface area contributed by atoms with Crippen molar-refractivity contribution in [1.29, 1.82) is 0 Å². The van der Waals surface area contributed by atoms with Crippen LogP contribution in [0.1, 0.15) is 19.4 Å². The Bertz CT molecular complexity index is 1820. The van der Waals surface area contributed by atoms with Gasteiger partial charge in [-0.15, -0.1) is 0 Å². The first-order valence-corrected chi connectivity index (χ1v) is 17.6. The van der Waals surface area contributed by atoms with Crippen LogP contribution in [0.25, 0.3) is 0 Å². The smallest absolute Gasteiger partial charge is 0.332 e. The fourth-order valence-corrected chi connectivity index (χ4v) is 7.45. The van der Waals surface area contributed by atoms with Gasteiger partial charge in [-0.1, -0.05) is 6.07 Å². The van der Waals surface area contributed by atoms with E-state index in [1.165, 1.54) is 34.4 Å². The summed E-state index contributed by atoms with van der Waals surface area (Å²) in [7, 11) is 0. The molecule has 15 heteroatoms. The van der Waals surface area contributed by atoms with Crippen LogP contribution in [0.5, 0.6) is 5.75 Å². The maximum absolute atomic E-state index is 14.9. The first kappa shape index (κ1) is 34.1. The maximum Gasteiger partial charge on any atom is 0.332 e. The number of ether oxygens (including phenoxy) is 3. The summed E-state index contributed by atoms with van der Waals surface area (Å²) in [5.74, 6) is -0.969. The van der Waals surface area contributed by atoms with Crippen molar-refractivity contribution < 1.29 is 32.6 Å². The second-order valence-electron chi connectivity index (χ2n) is 12.7. The minimum Gasteiger partial charge on any atom is -0.488 e. The summed E-state index contributed by atoms with van der Waals surface area (Å²) in [4.78, 5) is 37.0. The third kappa shape index (κ3) is 6.73. The number of nitrogens with zero attached hydrogens (tertiary/aromatic N) is 7. The number of halogens is 3. The number of urea groups is 1. The molecule has 262 valence electrons. The Hall–Kier alpha value is -4.35. The van der Waals surface area contributed by atoms with Crippen LogP contribution >= 0.6 is 22.6 Å². The number of benzene rings is 3. The van der Waals surface area contributed by atoms with E-state index in [1.807, 2.05) is 85.0 Å². The number of rotatable bonds is 10. The van der Waals surface area contributed by atoms with E-state index in [1.54, 1.807) is 4.90 Å². The van der Waals surface area contributed by atoms with Crippen LogP contribution in [0.4, 0.5) is 30.6 Å². The topological polar surface area (TPSA) is 106 Å². The first-order chi connectivity index (χ1) is 24.1. The molecule has 0 bridgehead atoms. The Labute approximate surface area is 301 Å². The van der Waals surface area contributed by atoms with Crippen molar-refractivity contribution >= 4 is 51.6 Å². The molecular weight excluding hydrogens is 763 g/mol. The summed E-state index contributed by atoms with van der Waals surface area (Å²) in [6.45, 7) is 7.15. The Balaban J connectivity index is 0.922. The highest BCUT2D eigenvalue weighted by molar-refractivity contribution is 14.1. The summed E-state index contributed by atoms with van der Waals surface area (Å²) in [5.41, 5.74) is 1.76. The highest BCUT2D eigenvalue weighted by Gasteiger charge is 2.47. The minimum absolute atomic E-state index is 0.0214. The van der Waals surface area contributed by atoms with Crippen molar-refractivity contribution in [3.8, 4) is 5.75 Å². The minimum atomic E-state index is -1.24. The predicted octanol–water partition coefficient (Wildman–Crippen LogP) is 5.17. The van der Waals surface area contributed by atoms with E-state index in [0.29, 0.717) is 11.4 Å². The van der Waals surface area contributed by atoms with Gasteiger partial charge in [-0.25, -0.2) is 23.2 Å². The Morgan fingerprint density at radius 1 is 0.940 bits per heavy atom. The van der Waals surface area contributed by atoms with Crippen molar-refractivity contribution in [1.82, 2.24) is 19.7 Å². The Kier molecular flexibility index (Phi) is 9.63. The van der Waals surface area contributed by atoms with Crippen molar-refractivity contribution in [3.63, 3.8) is 0 Å². The molecular formula is C35H36F2IN7O5. The largest absolute Gasteiger partial charge is 0.488 e. The van der Waals surface area contributed by atoms with Gasteiger partial charge in [0.15, 0.2) is 10.3 Å². The van der Waals surface area contributed by atoms with Gasteiger partial charge in [-0.3, -0.25) is 14.6 Å². The Morgan fingerprint density at radius 2 is 1.58 bits per heavy atom. The highest BCUT2D eigenvalue weighted by atomic mass is 127. The highest BCUT2D eigenvalue weighted by Crippen LogP contribution is 2.38. The molecule has 4 heterocycles. The molecule has 0 radical (unpaired) electrons. The molecule has 0 spiro atoms. The normalized spacial score (nSPS) is 22.7. The van der Waals surface area contributed by atoms with Gasteiger partial charge >= 0.3 is 6.03 Å². The Morgan fingerprint density at radius 3 is 2.16 bits per heavy atom. The standard InChI is InChI=1S/C35H36F2IN7O5/c1-23(2)44-33(46)32(38)45(34(44)47)27-6-4-25(5-7-27)41-13-15-42(16-14-41)26-8-10-28(11-9-26)48-18-31-49-20-35(50-31,19-43-22-39-21-40-43)29-12-3-24(36)17-30(29)37/h3-12,17,21-23,31-32H,13-16,18-20H2,1-2H3/t31-,32?,35+/m0/s1. The van der Waals surface area contributed by atoms with Gasteiger partial charge in [0.1, 0.15) is 42.2 Å². The summed E-state index contributed by atoms with van der Waals surface area (Å²) >= 11 is 2.02. The quantitative estimate of drug-likeness (QED) is 0.0931. The van der Waals surface area contributed by atoms with E-state index >= 15 is 0 Å². The van der Waals surface area contributed by atoms with E-state index < -0.39 is 27.6 Å². The molecule has 1 aromatic heterocycles. The number of hydrogen-bond donors (Lipinski definition) is 0. The number of hydrogen-bond acceptors (Lipinski definition) is 9. The second-order valence-corrected chi connectivity index (χ2v) is 13.8. The molecule has 0 saturated carbocycles. The molecule has 3 saturated heterocycles. The van der Waals surface area contributed by atoms with E-state index in [4.69, 9.17) is 14.2 Å². The van der Waals surface area contributed by atoms with Crippen molar-refractivity contribution in [2.45, 2.75) is 42.4 Å². The lowest BCUT2D eigenvalue weighted by Crippen LogP contribution is -2.46. The lowest BCUT2D eigenvalue weighted by molar-refractivity contribution is -0.126. The summed E-state index contributed by atoms with van der Waals surface area (Å²) < 4.78 is 47.7. The molecule has 4 aromatic rings. The van der Waals surface area contributed by atoms with E-state index in [0.717, 1.165) is 43.6 Å². The molecule has 3 aromatic carbocycles. The fourth-order valence-electron chi connectivity index (χ4n) is 6.59. The number of piperazine rings is 1. The maximum atomic E-state index is 14.9. The van der Waals surface area contributed by atoms with Gasteiger partial charge < -0.3 is 24.0 Å². The van der Waals surface area contributed by atoms with E-state index in [2.05, 4.69) is 19.9 Å². The lowest BCUT2D eigenvalue weighted by atomic mass is 9.94. The fraction of sp³-hybridized carbons (Fsp3) is 0.371. The molecule has 12 nitrogen and oxygen atoms in total. The van der Waals surface area contributed by atoms with Crippen LogP contribution in [-0.4, -0.2) is 87.4 Å². The zero-order chi connectivity index (χ0) is 35.0. The van der Waals surface area contributed by atoms with Crippen LogP contribution in [0.2, 0.25) is 0 Å². The van der Waals surface area contributed by atoms with Gasteiger partial charge in [0.25, 0.3) is 5.91 Å². The average Bonchev–Trinajstić information content (AvgIpc) is 3.83. The monoisotopic (exact) mass is 799 g/mol. The molecule has 50 heavy (non-hydrogen) atoms. The zero-order valence-corrected chi connectivity index (χ0v) is 29.7. The lowest BCUT2D eigenvalue weighted by Gasteiger charge is -2.37. The third-order valence-electron chi connectivity index (χ3n) is 9.12. The van der Waals surface area contributed by atoms with Crippen molar-refractivity contribution in [2.75, 3.05) is 54.1 Å². The number of anilines is 3. The van der Waals surface area contributed by atoms with Crippen LogP contribution in [0, 0.1) is 11.6 Å². The van der Waals surface area contributed by atoms with Gasteiger partial charge in [0.2, 0.25) is 0 Å². The average molecular weight is 800 g/mol. The van der Waals surface area contributed by atoms with Crippen molar-refractivity contribution in [2.24, 2.45) is 0 Å². The molecule has 3 aliphatic rings. The van der Waals surface area contributed by atoms with Crippen LogP contribution < -0.4 is 19.4 Å². The van der Waals surface area contributed by atoms with Crippen LogP contribution in [-0.2, 0) is 26.4 Å². The van der Waals surface area contributed by atoms with Gasteiger partial charge in [-0.2, -0.15) is 5.10 Å².